The van der Waals surface area contributed by atoms with Gasteiger partial charge in [0.2, 0.25) is 5.96 Å². The molecule has 86 valence electrons. The van der Waals surface area contributed by atoms with Crippen molar-refractivity contribution in [1.82, 2.24) is 5.32 Å². The van der Waals surface area contributed by atoms with Crippen LogP contribution in [0.15, 0.2) is 9.39 Å². The molecule has 0 aromatic rings. The van der Waals surface area contributed by atoms with E-state index in [4.69, 9.17) is 16.7 Å². The van der Waals surface area contributed by atoms with Gasteiger partial charge in [0.15, 0.2) is 6.19 Å². The lowest BCUT2D eigenvalue weighted by atomic mass is 10.8. The zero-order chi connectivity index (χ0) is 12.5. The Morgan fingerprint density at radius 3 is 2.00 bits per heavy atom. The molecule has 0 rings (SSSR count). The third-order valence-electron chi connectivity index (χ3n) is 0.696. The minimum atomic E-state index is -3.76. The van der Waals surface area contributed by atoms with Gasteiger partial charge in [-0.3, -0.25) is 10.3 Å². The van der Waals surface area contributed by atoms with E-state index >= 15 is 0 Å². The maximum Gasteiger partial charge on any atom is 0.318 e. The molecule has 0 saturated carbocycles. The molecule has 0 spiro atoms. The largest absolute Gasteiger partial charge is 0.387 e. The lowest BCUT2D eigenvalue weighted by Crippen LogP contribution is -2.26. The summed E-state index contributed by atoms with van der Waals surface area (Å²) in [7, 11) is -2.26. The first-order valence-electron chi connectivity index (χ1n) is 3.45. The molecule has 0 heterocycles. The first-order valence-corrected chi connectivity index (χ1v) is 4.95. The number of nitrogens with two attached hydrogens (primary N) is 3. The van der Waals surface area contributed by atoms with Gasteiger partial charge in [0.1, 0.15) is 5.84 Å². The number of nitriles is 1. The van der Waals surface area contributed by atoms with E-state index < -0.39 is 10.2 Å². The van der Waals surface area contributed by atoms with Crippen LogP contribution >= 0.6 is 0 Å². The fraction of sp³-hybridized carbons (Fsp3) is 0.400. The molecule has 0 aliphatic rings. The van der Waals surface area contributed by atoms with Gasteiger partial charge in [0.25, 0.3) is 0 Å². The molecule has 0 fully saturated rings. The van der Waals surface area contributed by atoms with Crippen molar-refractivity contribution in [3.05, 3.63) is 0 Å². The van der Waals surface area contributed by atoms with E-state index in [-0.39, 0.29) is 11.8 Å². The monoisotopic (exact) mass is 235 g/mol. The standard InChI is InChI=1S/C3H6N4.C2H7N3O2S/c1-6-3(5)7-2-4;1-2(3)5-8(4,6)7/h1H3,(H3,5,6,7);1H3,(H2,3,5)(H2,4,6,7). The second-order valence-corrected chi connectivity index (χ2v) is 3.31. The number of aliphatic imine (C=N–C) groups is 1. The van der Waals surface area contributed by atoms with Crippen molar-refractivity contribution in [3.63, 3.8) is 0 Å². The van der Waals surface area contributed by atoms with Gasteiger partial charge in [-0.15, -0.1) is 4.40 Å². The van der Waals surface area contributed by atoms with Crippen LogP contribution in [0.3, 0.4) is 0 Å². The molecule has 0 unspecified atom stereocenters. The molecule has 0 amide bonds. The summed E-state index contributed by atoms with van der Waals surface area (Å²) in [5.74, 6) is 0.0787. The fourth-order valence-electron chi connectivity index (χ4n) is 0.314. The minimum absolute atomic E-state index is 0.0625. The van der Waals surface area contributed by atoms with E-state index in [0.29, 0.717) is 0 Å². The topological polar surface area (TPSA) is 173 Å². The Morgan fingerprint density at radius 1 is 1.47 bits per heavy atom. The highest BCUT2D eigenvalue weighted by atomic mass is 32.2. The maximum absolute atomic E-state index is 9.95. The molecule has 0 aromatic carbocycles. The van der Waals surface area contributed by atoms with Crippen LogP contribution < -0.4 is 21.9 Å². The lowest BCUT2D eigenvalue weighted by molar-refractivity contribution is 0.599. The molecular formula is C5H13N7O2S. The van der Waals surface area contributed by atoms with E-state index in [0.717, 1.165) is 0 Å². The molecule has 0 aliphatic carbocycles. The Labute approximate surface area is 87.9 Å². The van der Waals surface area contributed by atoms with Crippen molar-refractivity contribution >= 4 is 22.0 Å². The zero-order valence-electron chi connectivity index (χ0n) is 8.30. The molecule has 0 aliphatic heterocycles. The Balaban J connectivity index is 0. The molecule has 0 atom stereocenters. The minimum Gasteiger partial charge on any atom is -0.387 e. The second kappa shape index (κ2) is 7.54. The number of nitrogens with zero attached hydrogens (tertiary/aromatic N) is 3. The van der Waals surface area contributed by atoms with Crippen LogP contribution in [0.4, 0.5) is 0 Å². The average Bonchev–Trinajstić information content (AvgIpc) is 2.01. The SMILES string of the molecule is CC(N)=NS(N)(=O)=O.CN=C(N)NC#N. The number of nitrogens with one attached hydrogen (secondary N) is 1. The maximum atomic E-state index is 9.95. The number of hydrogen-bond acceptors (Lipinski definition) is 4. The van der Waals surface area contributed by atoms with Crippen molar-refractivity contribution in [2.45, 2.75) is 6.92 Å². The van der Waals surface area contributed by atoms with Gasteiger partial charge >= 0.3 is 10.2 Å². The summed E-state index contributed by atoms with van der Waals surface area (Å²) in [6.07, 6.45) is 1.61. The Kier molecular flexibility index (Phi) is 7.84. The van der Waals surface area contributed by atoms with Gasteiger partial charge in [-0.05, 0) is 6.92 Å². The van der Waals surface area contributed by atoms with Crippen LogP contribution in [-0.2, 0) is 10.2 Å². The fourth-order valence-corrected chi connectivity index (χ4v) is 0.715. The van der Waals surface area contributed by atoms with Gasteiger partial charge in [-0.1, -0.05) is 0 Å². The smallest absolute Gasteiger partial charge is 0.318 e. The average molecular weight is 235 g/mol. The summed E-state index contributed by atoms with van der Waals surface area (Å²) >= 11 is 0. The predicted molar refractivity (Wildman–Crippen MR) is 56.7 cm³/mol. The molecule has 0 radical (unpaired) electrons. The van der Waals surface area contributed by atoms with Crippen LogP contribution in [0.25, 0.3) is 0 Å². The molecule has 10 heteroatoms. The van der Waals surface area contributed by atoms with Crippen molar-refractivity contribution in [2.24, 2.45) is 26.0 Å². The Bertz CT molecular complexity index is 373. The van der Waals surface area contributed by atoms with Crippen LogP contribution in [0.2, 0.25) is 0 Å². The van der Waals surface area contributed by atoms with E-state index in [9.17, 15) is 8.42 Å². The summed E-state index contributed by atoms with van der Waals surface area (Å²) in [5.41, 5.74) is 9.87. The van der Waals surface area contributed by atoms with E-state index in [1.54, 1.807) is 6.19 Å². The van der Waals surface area contributed by atoms with Crippen molar-refractivity contribution in [2.75, 3.05) is 7.05 Å². The first-order chi connectivity index (χ1) is 6.72. The van der Waals surface area contributed by atoms with Gasteiger partial charge in [-0.2, -0.15) is 13.7 Å². The third-order valence-corrected chi connectivity index (χ3v) is 1.24. The van der Waals surface area contributed by atoms with Crippen molar-refractivity contribution < 1.29 is 8.42 Å². The zero-order valence-corrected chi connectivity index (χ0v) is 9.11. The highest BCUT2D eigenvalue weighted by Crippen LogP contribution is 1.76. The highest BCUT2D eigenvalue weighted by Gasteiger charge is 1.93. The predicted octanol–water partition coefficient (Wildman–Crippen LogP) is -2.43. The quantitative estimate of drug-likeness (QED) is 0.170. The van der Waals surface area contributed by atoms with Gasteiger partial charge in [-0.25, -0.2) is 5.14 Å². The van der Waals surface area contributed by atoms with Crippen molar-refractivity contribution in [1.29, 1.82) is 5.26 Å². The van der Waals surface area contributed by atoms with Crippen LogP contribution in [0.1, 0.15) is 6.92 Å². The van der Waals surface area contributed by atoms with Gasteiger partial charge in [0.05, 0.1) is 0 Å². The van der Waals surface area contributed by atoms with Crippen LogP contribution in [0, 0.1) is 11.5 Å². The Hall–Kier alpha value is -1.86. The molecule has 15 heavy (non-hydrogen) atoms. The number of rotatable bonds is 1. The van der Waals surface area contributed by atoms with Crippen LogP contribution in [0.5, 0.6) is 0 Å². The molecule has 9 nitrogen and oxygen atoms in total. The molecule has 0 bridgehead atoms. The second-order valence-electron chi connectivity index (χ2n) is 2.09. The summed E-state index contributed by atoms with van der Waals surface area (Å²) < 4.78 is 22.8. The first kappa shape index (κ1) is 15.6. The van der Waals surface area contributed by atoms with Crippen LogP contribution in [-0.4, -0.2) is 27.3 Å². The number of hydrogen-bond donors (Lipinski definition) is 4. The number of guanidine groups is 1. The Morgan fingerprint density at radius 2 is 1.93 bits per heavy atom. The highest BCUT2D eigenvalue weighted by molar-refractivity contribution is 7.88. The lowest BCUT2D eigenvalue weighted by Gasteiger charge is -1.87. The summed E-state index contributed by atoms with van der Waals surface area (Å²) in [6, 6.07) is 0. The summed E-state index contributed by atoms with van der Waals surface area (Å²) in [4.78, 5) is 3.44. The summed E-state index contributed by atoms with van der Waals surface area (Å²) in [6.45, 7) is 1.34. The van der Waals surface area contributed by atoms with E-state index in [1.165, 1.54) is 14.0 Å². The van der Waals surface area contributed by atoms with E-state index in [1.807, 2.05) is 0 Å². The normalized spacial score (nSPS) is 12.1. The van der Waals surface area contributed by atoms with E-state index in [2.05, 4.69) is 19.8 Å². The molecule has 7 N–H and O–H groups in total. The molecule has 0 saturated heterocycles. The van der Waals surface area contributed by atoms with Gasteiger partial charge < -0.3 is 11.5 Å². The van der Waals surface area contributed by atoms with Gasteiger partial charge in [0, 0.05) is 7.05 Å². The molecular weight excluding hydrogens is 222 g/mol. The number of amidine groups is 1. The third kappa shape index (κ3) is 18.8. The van der Waals surface area contributed by atoms with Crippen molar-refractivity contribution in [3.8, 4) is 6.19 Å². The molecule has 0 aromatic heterocycles. The summed E-state index contributed by atoms with van der Waals surface area (Å²) in [5, 5.41) is 14.4.